The fraction of sp³-hybridized carbons (Fsp3) is 0.909. The van der Waals surface area contributed by atoms with Gasteiger partial charge in [0.05, 0.1) is 25.4 Å². The molecule has 0 fully saturated rings. The molecule has 6 heteroatoms. The molecule has 0 aliphatic carbocycles. The predicted octanol–water partition coefficient (Wildman–Crippen LogP) is 20.6. The molecule has 6 nitrogen and oxygen atoms in total. The number of allylic oxidation sites excluding steroid dienone is 4. The van der Waals surface area contributed by atoms with Gasteiger partial charge in [0.25, 0.3) is 0 Å². The largest absolute Gasteiger partial charge is 0.466 e. The van der Waals surface area contributed by atoms with Gasteiger partial charge in [-0.15, -0.1) is 0 Å². The number of hydrogen-bond donors (Lipinski definition) is 3. The maximum absolute atomic E-state index is 12.5. The number of hydrogen-bond acceptors (Lipinski definition) is 5. The molecular weight excluding hydrogens is 887 g/mol. The number of rotatable bonds is 61. The highest BCUT2D eigenvalue weighted by Gasteiger charge is 2.20. The minimum absolute atomic E-state index is 0.00455. The lowest BCUT2D eigenvalue weighted by atomic mass is 10.0. The molecule has 72 heavy (non-hydrogen) atoms. The van der Waals surface area contributed by atoms with Crippen LogP contribution >= 0.6 is 0 Å². The second-order valence-electron chi connectivity index (χ2n) is 22.4. The van der Waals surface area contributed by atoms with Gasteiger partial charge < -0.3 is 20.3 Å². The van der Waals surface area contributed by atoms with Crippen molar-refractivity contribution in [3.8, 4) is 0 Å². The van der Waals surface area contributed by atoms with Crippen molar-refractivity contribution in [2.75, 3.05) is 13.2 Å². The maximum atomic E-state index is 12.5. The zero-order chi connectivity index (χ0) is 52.2. The van der Waals surface area contributed by atoms with Crippen molar-refractivity contribution in [1.29, 1.82) is 0 Å². The highest BCUT2D eigenvalue weighted by Crippen LogP contribution is 2.18. The average molecular weight is 1010 g/mol. The predicted molar refractivity (Wildman–Crippen MR) is 315 cm³/mol. The summed E-state index contributed by atoms with van der Waals surface area (Å²) in [6.07, 6.45) is 76.2. The Labute approximate surface area is 450 Å². The van der Waals surface area contributed by atoms with E-state index in [9.17, 15) is 19.8 Å². The summed E-state index contributed by atoms with van der Waals surface area (Å²) in [5.74, 6) is -0.0455. The van der Waals surface area contributed by atoms with Crippen LogP contribution in [-0.4, -0.2) is 47.4 Å². The minimum atomic E-state index is -0.672. The smallest absolute Gasteiger partial charge is 0.305 e. The first-order chi connectivity index (χ1) is 35.5. The number of nitrogens with one attached hydrogen (secondary N) is 1. The van der Waals surface area contributed by atoms with Crippen LogP contribution in [0.15, 0.2) is 24.3 Å². The van der Waals surface area contributed by atoms with Crippen LogP contribution in [0, 0.1) is 0 Å². The Morgan fingerprint density at radius 2 is 0.653 bits per heavy atom. The number of ether oxygens (including phenoxy) is 1. The molecule has 2 atom stereocenters. The van der Waals surface area contributed by atoms with Crippen LogP contribution in [0.5, 0.6) is 0 Å². The first-order valence-corrected chi connectivity index (χ1v) is 32.6. The Kier molecular flexibility index (Phi) is 60.5. The Balaban J connectivity index is 3.44. The molecular formula is C66H127NO5. The van der Waals surface area contributed by atoms with Crippen molar-refractivity contribution in [2.45, 2.75) is 373 Å². The van der Waals surface area contributed by atoms with Gasteiger partial charge in [0.1, 0.15) is 0 Å². The van der Waals surface area contributed by atoms with Gasteiger partial charge in [-0.05, 0) is 77.0 Å². The van der Waals surface area contributed by atoms with Crippen molar-refractivity contribution in [3.63, 3.8) is 0 Å². The van der Waals surface area contributed by atoms with E-state index in [2.05, 4.69) is 43.5 Å². The molecule has 3 N–H and O–H groups in total. The van der Waals surface area contributed by atoms with E-state index in [0.717, 1.165) is 44.9 Å². The molecule has 0 rings (SSSR count). The normalized spacial score (nSPS) is 12.7. The van der Waals surface area contributed by atoms with Crippen LogP contribution in [0.3, 0.4) is 0 Å². The average Bonchev–Trinajstić information content (AvgIpc) is 3.38. The molecule has 0 radical (unpaired) electrons. The summed E-state index contributed by atoms with van der Waals surface area (Å²) in [7, 11) is 0. The lowest BCUT2D eigenvalue weighted by Crippen LogP contribution is -2.45. The Morgan fingerprint density at radius 3 is 1.00 bits per heavy atom. The lowest BCUT2D eigenvalue weighted by molar-refractivity contribution is -0.143. The molecule has 2 unspecified atom stereocenters. The topological polar surface area (TPSA) is 95.9 Å². The van der Waals surface area contributed by atoms with Crippen LogP contribution in [0.1, 0.15) is 361 Å². The SMILES string of the molecule is CCCCCC/C=C\CCCCCCCC(=O)OCCCCCCCCCC/C=C\CCCCCCCCCC(=O)NC(CO)C(O)CCCCCCCCCCCCCCCCCCCCCCCCC. The summed E-state index contributed by atoms with van der Waals surface area (Å²) >= 11 is 0. The van der Waals surface area contributed by atoms with Crippen molar-refractivity contribution >= 4 is 11.9 Å². The molecule has 0 aromatic rings. The number of amides is 1. The Hall–Kier alpha value is -1.66. The molecule has 0 bridgehead atoms. The number of aliphatic hydroxyl groups excluding tert-OH is 2. The van der Waals surface area contributed by atoms with Crippen LogP contribution in [0.25, 0.3) is 0 Å². The summed E-state index contributed by atoms with van der Waals surface area (Å²) in [6, 6.07) is -0.550. The van der Waals surface area contributed by atoms with E-state index in [-0.39, 0.29) is 18.5 Å². The van der Waals surface area contributed by atoms with Crippen LogP contribution in [0.2, 0.25) is 0 Å². The summed E-state index contributed by atoms with van der Waals surface area (Å²) in [5.41, 5.74) is 0. The number of unbranched alkanes of at least 4 members (excludes halogenated alkanes) is 46. The van der Waals surface area contributed by atoms with E-state index in [1.165, 1.54) is 283 Å². The van der Waals surface area contributed by atoms with E-state index in [1.807, 2.05) is 0 Å². The summed E-state index contributed by atoms with van der Waals surface area (Å²) in [4.78, 5) is 24.6. The van der Waals surface area contributed by atoms with E-state index in [0.29, 0.717) is 25.9 Å². The van der Waals surface area contributed by atoms with Crippen molar-refractivity contribution < 1.29 is 24.5 Å². The highest BCUT2D eigenvalue weighted by molar-refractivity contribution is 5.76. The number of aliphatic hydroxyl groups is 2. The minimum Gasteiger partial charge on any atom is -0.466 e. The second-order valence-corrected chi connectivity index (χ2v) is 22.4. The zero-order valence-electron chi connectivity index (χ0n) is 48.7. The van der Waals surface area contributed by atoms with Gasteiger partial charge in [0, 0.05) is 12.8 Å². The fourth-order valence-corrected chi connectivity index (χ4v) is 10.2. The number of carbonyl (C=O) groups excluding carboxylic acids is 2. The summed E-state index contributed by atoms with van der Waals surface area (Å²) < 4.78 is 5.47. The molecule has 1 amide bonds. The van der Waals surface area contributed by atoms with Crippen molar-refractivity contribution in [3.05, 3.63) is 24.3 Å². The fourth-order valence-electron chi connectivity index (χ4n) is 10.2. The highest BCUT2D eigenvalue weighted by atomic mass is 16.5. The first-order valence-electron chi connectivity index (χ1n) is 32.6. The van der Waals surface area contributed by atoms with E-state index in [4.69, 9.17) is 4.74 Å². The Morgan fingerprint density at radius 1 is 0.375 bits per heavy atom. The van der Waals surface area contributed by atoms with E-state index >= 15 is 0 Å². The lowest BCUT2D eigenvalue weighted by Gasteiger charge is -2.22. The first kappa shape index (κ1) is 70.3. The third kappa shape index (κ3) is 57.6. The quantitative estimate of drug-likeness (QED) is 0.0320. The third-order valence-corrected chi connectivity index (χ3v) is 15.2. The maximum Gasteiger partial charge on any atom is 0.305 e. The van der Waals surface area contributed by atoms with Crippen molar-refractivity contribution in [1.82, 2.24) is 5.32 Å². The molecule has 0 aliphatic heterocycles. The van der Waals surface area contributed by atoms with Gasteiger partial charge >= 0.3 is 5.97 Å². The van der Waals surface area contributed by atoms with E-state index in [1.54, 1.807) is 0 Å². The van der Waals surface area contributed by atoms with Crippen LogP contribution in [-0.2, 0) is 14.3 Å². The van der Waals surface area contributed by atoms with Gasteiger partial charge in [0.15, 0.2) is 0 Å². The number of esters is 1. The summed E-state index contributed by atoms with van der Waals surface area (Å²) in [6.45, 7) is 4.95. The molecule has 0 spiro atoms. The molecule has 0 aromatic carbocycles. The molecule has 0 heterocycles. The van der Waals surface area contributed by atoms with E-state index < -0.39 is 12.1 Å². The second kappa shape index (κ2) is 61.9. The zero-order valence-corrected chi connectivity index (χ0v) is 48.7. The molecule has 0 aliphatic rings. The number of carbonyl (C=O) groups is 2. The molecule has 0 aromatic heterocycles. The van der Waals surface area contributed by atoms with Gasteiger partial charge in [-0.2, -0.15) is 0 Å². The van der Waals surface area contributed by atoms with Crippen LogP contribution < -0.4 is 5.32 Å². The van der Waals surface area contributed by atoms with Gasteiger partial charge in [-0.1, -0.05) is 295 Å². The van der Waals surface area contributed by atoms with Crippen molar-refractivity contribution in [2.24, 2.45) is 0 Å². The molecule has 0 saturated carbocycles. The van der Waals surface area contributed by atoms with Gasteiger partial charge in [-0.25, -0.2) is 0 Å². The van der Waals surface area contributed by atoms with Crippen LogP contribution in [0.4, 0.5) is 0 Å². The standard InChI is InChI=1S/C66H127NO5/c1-3-5-7-9-11-13-15-17-18-19-20-21-22-23-25-28-31-35-38-42-46-50-54-58-64(69)63(62-68)67-65(70)59-55-51-47-43-39-36-32-29-26-24-27-30-33-37-41-45-49-53-57-61-72-66(71)60-56-52-48-44-40-34-16-14-12-10-8-6-4-2/h14,16,24,26,63-64,68-69H,3-13,15,17-23,25,27-62H2,1-2H3,(H,67,70)/b16-14-,26-24-. The molecule has 426 valence electrons. The molecule has 0 saturated heterocycles. The van der Waals surface area contributed by atoms with Gasteiger partial charge in [0.2, 0.25) is 5.91 Å². The monoisotopic (exact) mass is 1010 g/mol. The Bertz CT molecular complexity index is 1120. The third-order valence-electron chi connectivity index (χ3n) is 15.2. The summed E-state index contributed by atoms with van der Waals surface area (Å²) in [5, 5.41) is 23.4. The van der Waals surface area contributed by atoms with Gasteiger partial charge in [-0.3, -0.25) is 9.59 Å².